The lowest BCUT2D eigenvalue weighted by molar-refractivity contribution is -0.121. The van der Waals surface area contributed by atoms with Gasteiger partial charge < -0.3 is 10.1 Å². The number of aromatic nitrogens is 3. The Hall–Kier alpha value is -1.95. The zero-order chi connectivity index (χ0) is 14.5. The Morgan fingerprint density at radius 3 is 3.19 bits per heavy atom. The number of carbonyl (C=O) groups excluding carboxylic acids is 1. The molecular formula is C15H20N4O2. The highest BCUT2D eigenvalue weighted by atomic mass is 16.5. The minimum atomic E-state index is 0.0634. The van der Waals surface area contributed by atoms with Gasteiger partial charge >= 0.3 is 0 Å². The first-order valence-corrected chi connectivity index (χ1v) is 7.45. The van der Waals surface area contributed by atoms with Crippen molar-refractivity contribution in [1.29, 1.82) is 0 Å². The van der Waals surface area contributed by atoms with Gasteiger partial charge in [-0.1, -0.05) is 17.3 Å². The Morgan fingerprint density at radius 2 is 2.33 bits per heavy atom. The van der Waals surface area contributed by atoms with Crippen molar-refractivity contribution in [3.63, 3.8) is 0 Å². The van der Waals surface area contributed by atoms with Crippen LogP contribution in [0.4, 0.5) is 0 Å². The summed E-state index contributed by atoms with van der Waals surface area (Å²) in [7, 11) is 0. The van der Waals surface area contributed by atoms with Gasteiger partial charge in [0.05, 0.1) is 12.1 Å². The van der Waals surface area contributed by atoms with E-state index >= 15 is 0 Å². The van der Waals surface area contributed by atoms with Crippen molar-refractivity contribution in [1.82, 2.24) is 20.3 Å². The van der Waals surface area contributed by atoms with Crippen LogP contribution in [0.15, 0.2) is 24.3 Å². The molecule has 21 heavy (non-hydrogen) atoms. The zero-order valence-electron chi connectivity index (χ0n) is 12.0. The van der Waals surface area contributed by atoms with Gasteiger partial charge in [-0.05, 0) is 30.9 Å². The van der Waals surface area contributed by atoms with Crippen LogP contribution in [0.1, 0.15) is 19.3 Å². The molecule has 1 fully saturated rings. The number of rotatable bonds is 6. The highest BCUT2D eigenvalue weighted by molar-refractivity contribution is 5.76. The molecule has 2 heterocycles. The summed E-state index contributed by atoms with van der Waals surface area (Å²) in [5, 5.41) is 11.1. The minimum absolute atomic E-state index is 0.0634. The Balaban J connectivity index is 1.43. The first-order chi connectivity index (χ1) is 10.3. The van der Waals surface area contributed by atoms with Gasteiger partial charge in [-0.2, -0.15) is 0 Å². The van der Waals surface area contributed by atoms with Crippen LogP contribution in [0.3, 0.4) is 0 Å². The molecule has 1 aliphatic heterocycles. The van der Waals surface area contributed by atoms with Crippen molar-refractivity contribution in [3.05, 3.63) is 24.3 Å². The molecule has 112 valence electrons. The molecule has 1 N–H and O–H groups in total. The van der Waals surface area contributed by atoms with Gasteiger partial charge in [0.2, 0.25) is 5.91 Å². The number of carbonyl (C=O) groups is 1. The molecule has 2 aromatic rings. The summed E-state index contributed by atoms with van der Waals surface area (Å²) >= 11 is 0. The van der Waals surface area contributed by atoms with Gasteiger partial charge in [0.25, 0.3) is 0 Å². The van der Waals surface area contributed by atoms with E-state index in [2.05, 4.69) is 15.6 Å². The number of nitrogens with one attached hydrogen (secondary N) is 1. The van der Waals surface area contributed by atoms with E-state index < -0.39 is 0 Å². The van der Waals surface area contributed by atoms with Crippen LogP contribution in [0.25, 0.3) is 11.0 Å². The average molecular weight is 288 g/mol. The molecule has 1 aromatic heterocycles. The van der Waals surface area contributed by atoms with Crippen molar-refractivity contribution in [2.75, 3.05) is 19.8 Å². The maximum absolute atomic E-state index is 11.8. The quantitative estimate of drug-likeness (QED) is 0.871. The molecule has 1 aromatic carbocycles. The number of aryl methyl sites for hydroxylation is 1. The second-order valence-electron chi connectivity index (χ2n) is 5.42. The molecular weight excluding hydrogens is 268 g/mol. The van der Waals surface area contributed by atoms with E-state index in [1.807, 2.05) is 24.3 Å². The molecule has 1 atom stereocenters. The lowest BCUT2D eigenvalue weighted by Gasteiger charge is -2.09. The number of hydrogen-bond donors (Lipinski definition) is 1. The highest BCUT2D eigenvalue weighted by Gasteiger charge is 2.15. The number of hydrogen-bond acceptors (Lipinski definition) is 4. The number of nitrogens with zero attached hydrogens (tertiary/aromatic N) is 3. The van der Waals surface area contributed by atoms with Gasteiger partial charge in [-0.3, -0.25) is 4.79 Å². The van der Waals surface area contributed by atoms with Crippen molar-refractivity contribution < 1.29 is 9.53 Å². The zero-order valence-corrected chi connectivity index (χ0v) is 12.0. The van der Waals surface area contributed by atoms with E-state index in [0.717, 1.165) is 43.6 Å². The third-order valence-electron chi connectivity index (χ3n) is 3.87. The van der Waals surface area contributed by atoms with Crippen LogP contribution in [-0.4, -0.2) is 40.7 Å². The van der Waals surface area contributed by atoms with E-state index in [9.17, 15) is 4.79 Å². The molecule has 6 heteroatoms. The average Bonchev–Trinajstić information content (AvgIpc) is 3.14. The summed E-state index contributed by atoms with van der Waals surface area (Å²) in [5.41, 5.74) is 1.83. The molecule has 3 rings (SSSR count). The lowest BCUT2D eigenvalue weighted by atomic mass is 10.1. The Kier molecular flexibility index (Phi) is 4.45. The second-order valence-corrected chi connectivity index (χ2v) is 5.42. The molecule has 0 spiro atoms. The van der Waals surface area contributed by atoms with Crippen LogP contribution in [0, 0.1) is 5.92 Å². The number of benzene rings is 1. The smallest absolute Gasteiger partial charge is 0.221 e. The first kappa shape index (κ1) is 14.0. The largest absolute Gasteiger partial charge is 0.381 e. The summed E-state index contributed by atoms with van der Waals surface area (Å²) in [4.78, 5) is 11.8. The fraction of sp³-hybridized carbons (Fsp3) is 0.533. The molecule has 0 unspecified atom stereocenters. The monoisotopic (exact) mass is 288 g/mol. The standard InChI is InChI=1S/C15H20N4O2/c20-15(16-8-5-12-7-10-21-11-12)6-9-19-14-4-2-1-3-13(14)17-18-19/h1-4,12H,5-11H2,(H,16,20)/t12-/m0/s1. The molecule has 1 amide bonds. The second kappa shape index (κ2) is 6.67. The topological polar surface area (TPSA) is 69.0 Å². The summed E-state index contributed by atoms with van der Waals surface area (Å²) in [6.45, 7) is 2.97. The van der Waals surface area contributed by atoms with Crippen LogP contribution in [-0.2, 0) is 16.1 Å². The van der Waals surface area contributed by atoms with Gasteiger partial charge in [0.1, 0.15) is 5.52 Å². The normalized spacial score (nSPS) is 18.2. The van der Waals surface area contributed by atoms with Crippen molar-refractivity contribution in [3.8, 4) is 0 Å². The molecule has 1 aliphatic rings. The molecule has 0 radical (unpaired) electrons. The Bertz CT molecular complexity index is 604. The van der Waals surface area contributed by atoms with E-state index in [4.69, 9.17) is 4.74 Å². The summed E-state index contributed by atoms with van der Waals surface area (Å²) in [6.07, 6.45) is 2.54. The Morgan fingerprint density at radius 1 is 1.43 bits per heavy atom. The summed E-state index contributed by atoms with van der Waals surface area (Å²) in [6, 6.07) is 7.77. The van der Waals surface area contributed by atoms with E-state index in [0.29, 0.717) is 18.9 Å². The van der Waals surface area contributed by atoms with E-state index in [-0.39, 0.29) is 5.91 Å². The highest BCUT2D eigenvalue weighted by Crippen LogP contribution is 2.15. The predicted molar refractivity (Wildman–Crippen MR) is 78.7 cm³/mol. The summed E-state index contributed by atoms with van der Waals surface area (Å²) in [5.74, 6) is 0.665. The van der Waals surface area contributed by atoms with Gasteiger partial charge in [0.15, 0.2) is 0 Å². The minimum Gasteiger partial charge on any atom is -0.381 e. The summed E-state index contributed by atoms with van der Waals surface area (Å²) < 4.78 is 7.10. The fourth-order valence-electron chi connectivity index (χ4n) is 2.61. The van der Waals surface area contributed by atoms with Gasteiger partial charge in [-0.15, -0.1) is 5.10 Å². The SMILES string of the molecule is O=C(CCn1nnc2ccccc21)NCC[C@H]1CCOC1. The molecule has 1 saturated heterocycles. The van der Waals surface area contributed by atoms with Crippen LogP contribution < -0.4 is 5.32 Å². The van der Waals surface area contributed by atoms with Crippen LogP contribution >= 0.6 is 0 Å². The molecule has 0 bridgehead atoms. The van der Waals surface area contributed by atoms with Crippen molar-refractivity contribution in [2.24, 2.45) is 5.92 Å². The third kappa shape index (κ3) is 3.58. The lowest BCUT2D eigenvalue weighted by Crippen LogP contribution is -2.27. The number of fused-ring (bicyclic) bond motifs is 1. The maximum atomic E-state index is 11.8. The third-order valence-corrected chi connectivity index (χ3v) is 3.87. The molecule has 0 saturated carbocycles. The number of para-hydroxylation sites is 1. The van der Waals surface area contributed by atoms with Crippen LogP contribution in [0.5, 0.6) is 0 Å². The van der Waals surface area contributed by atoms with E-state index in [1.54, 1.807) is 4.68 Å². The Labute approximate surface area is 123 Å². The first-order valence-electron chi connectivity index (χ1n) is 7.45. The maximum Gasteiger partial charge on any atom is 0.221 e. The van der Waals surface area contributed by atoms with Gasteiger partial charge in [0, 0.05) is 26.2 Å². The van der Waals surface area contributed by atoms with Crippen molar-refractivity contribution >= 4 is 16.9 Å². The van der Waals surface area contributed by atoms with Crippen molar-refractivity contribution in [2.45, 2.75) is 25.8 Å². The van der Waals surface area contributed by atoms with E-state index in [1.165, 1.54) is 0 Å². The molecule has 0 aliphatic carbocycles. The number of ether oxygens (including phenoxy) is 1. The number of amides is 1. The predicted octanol–water partition coefficient (Wildman–Crippen LogP) is 1.36. The van der Waals surface area contributed by atoms with Gasteiger partial charge in [-0.25, -0.2) is 4.68 Å². The fourth-order valence-corrected chi connectivity index (χ4v) is 2.61. The molecule has 6 nitrogen and oxygen atoms in total. The van der Waals surface area contributed by atoms with Crippen LogP contribution in [0.2, 0.25) is 0 Å².